The zero-order valence-electron chi connectivity index (χ0n) is 10.6. The zero-order chi connectivity index (χ0) is 12.6. The molecule has 1 fully saturated rings. The number of carbonyl (C=O) groups excluding carboxylic acids is 1. The topological polar surface area (TPSA) is 52.3 Å². The highest BCUT2D eigenvalue weighted by molar-refractivity contribution is 5.78. The Morgan fingerprint density at radius 3 is 2.47 bits per heavy atom. The fourth-order valence-corrected chi connectivity index (χ4v) is 2.32. The molecule has 3 nitrogen and oxygen atoms in total. The number of aryl methyl sites for hydroxylation is 2. The van der Waals surface area contributed by atoms with Crippen LogP contribution < -0.4 is 5.73 Å². The van der Waals surface area contributed by atoms with Crippen LogP contribution in [0.2, 0.25) is 0 Å². The predicted molar refractivity (Wildman–Crippen MR) is 66.8 cm³/mol. The van der Waals surface area contributed by atoms with Crippen molar-refractivity contribution < 1.29 is 9.53 Å². The normalized spacial score (nSPS) is 18.6. The van der Waals surface area contributed by atoms with Gasteiger partial charge in [-0.15, -0.1) is 0 Å². The molecule has 0 saturated heterocycles. The number of carbonyl (C=O) groups is 1. The van der Waals surface area contributed by atoms with Crippen LogP contribution in [-0.4, -0.2) is 19.1 Å². The number of ether oxygens (including phenoxy) is 1. The van der Waals surface area contributed by atoms with Crippen molar-refractivity contribution >= 4 is 5.97 Å². The first-order valence-electron chi connectivity index (χ1n) is 5.92. The average molecular weight is 233 g/mol. The maximum Gasteiger partial charge on any atom is 0.323 e. The third kappa shape index (κ3) is 1.95. The lowest BCUT2D eigenvalue weighted by molar-refractivity contribution is -0.143. The second kappa shape index (κ2) is 4.15. The van der Waals surface area contributed by atoms with Crippen molar-refractivity contribution in [2.24, 2.45) is 5.73 Å². The van der Waals surface area contributed by atoms with Gasteiger partial charge in [0.1, 0.15) is 6.04 Å². The molecule has 92 valence electrons. The van der Waals surface area contributed by atoms with E-state index in [1.165, 1.54) is 23.8 Å². The van der Waals surface area contributed by atoms with Crippen molar-refractivity contribution in [1.82, 2.24) is 0 Å². The highest BCUT2D eigenvalue weighted by atomic mass is 16.5. The van der Waals surface area contributed by atoms with Crippen molar-refractivity contribution in [2.75, 3.05) is 7.11 Å². The standard InChI is InChI=1S/C14H19NO2/c1-9-4-5-11(8-10(9)2)14(6-7-14)12(15)13(16)17-3/h4-5,8,12H,6-7,15H2,1-3H3. The Kier molecular flexibility index (Phi) is 2.96. The van der Waals surface area contributed by atoms with Crippen molar-refractivity contribution in [1.29, 1.82) is 0 Å². The van der Waals surface area contributed by atoms with Crippen LogP contribution in [0.4, 0.5) is 0 Å². The lowest BCUT2D eigenvalue weighted by Crippen LogP contribution is -2.42. The second-order valence-corrected chi connectivity index (χ2v) is 4.96. The number of rotatable bonds is 3. The van der Waals surface area contributed by atoms with E-state index in [0.717, 1.165) is 12.8 Å². The third-order valence-electron chi connectivity index (χ3n) is 3.92. The maximum atomic E-state index is 11.6. The number of esters is 1. The smallest absolute Gasteiger partial charge is 0.323 e. The molecule has 1 saturated carbocycles. The first-order valence-corrected chi connectivity index (χ1v) is 5.92. The highest BCUT2D eigenvalue weighted by Gasteiger charge is 2.52. The number of benzene rings is 1. The predicted octanol–water partition coefficient (Wildman–Crippen LogP) is 1.84. The van der Waals surface area contributed by atoms with E-state index >= 15 is 0 Å². The van der Waals surface area contributed by atoms with Gasteiger partial charge in [0.05, 0.1) is 7.11 Å². The molecular weight excluding hydrogens is 214 g/mol. The van der Waals surface area contributed by atoms with Crippen LogP contribution in [0, 0.1) is 13.8 Å². The lowest BCUT2D eigenvalue weighted by Gasteiger charge is -2.22. The van der Waals surface area contributed by atoms with E-state index < -0.39 is 6.04 Å². The third-order valence-corrected chi connectivity index (χ3v) is 3.92. The van der Waals surface area contributed by atoms with Crippen molar-refractivity contribution in [3.63, 3.8) is 0 Å². The van der Waals surface area contributed by atoms with Crippen LogP contribution in [0.1, 0.15) is 29.5 Å². The minimum atomic E-state index is -0.547. The molecule has 1 aromatic rings. The monoisotopic (exact) mass is 233 g/mol. The minimum Gasteiger partial charge on any atom is -0.468 e. The minimum absolute atomic E-state index is 0.189. The van der Waals surface area contributed by atoms with Gasteiger partial charge in [0.25, 0.3) is 0 Å². The number of nitrogens with two attached hydrogens (primary N) is 1. The summed E-state index contributed by atoms with van der Waals surface area (Å²) in [5, 5.41) is 0. The number of hydrogen-bond acceptors (Lipinski definition) is 3. The molecule has 1 aromatic carbocycles. The summed E-state index contributed by atoms with van der Waals surface area (Å²) in [6.45, 7) is 4.16. The molecule has 0 aliphatic heterocycles. The molecular formula is C14H19NO2. The summed E-state index contributed by atoms with van der Waals surface area (Å²) in [6, 6.07) is 5.77. The molecule has 0 radical (unpaired) electrons. The Labute approximate surface area is 102 Å². The molecule has 1 aliphatic rings. The van der Waals surface area contributed by atoms with Gasteiger partial charge in [-0.3, -0.25) is 4.79 Å². The van der Waals surface area contributed by atoms with E-state index in [1.807, 2.05) is 0 Å². The first-order chi connectivity index (χ1) is 8.01. The fraction of sp³-hybridized carbons (Fsp3) is 0.500. The van der Waals surface area contributed by atoms with Crippen molar-refractivity contribution in [2.45, 2.75) is 38.1 Å². The van der Waals surface area contributed by atoms with Gasteiger partial charge in [0, 0.05) is 5.41 Å². The highest BCUT2D eigenvalue weighted by Crippen LogP contribution is 2.50. The summed E-state index contributed by atoms with van der Waals surface area (Å²) in [4.78, 5) is 11.6. The van der Waals surface area contributed by atoms with Gasteiger partial charge in [-0.2, -0.15) is 0 Å². The van der Waals surface area contributed by atoms with E-state index in [-0.39, 0.29) is 11.4 Å². The zero-order valence-corrected chi connectivity index (χ0v) is 10.6. The Morgan fingerprint density at radius 1 is 1.35 bits per heavy atom. The Morgan fingerprint density at radius 2 is 2.00 bits per heavy atom. The van der Waals surface area contributed by atoms with Gasteiger partial charge >= 0.3 is 5.97 Å². The van der Waals surface area contributed by atoms with Crippen LogP contribution >= 0.6 is 0 Å². The van der Waals surface area contributed by atoms with Crippen molar-refractivity contribution in [3.8, 4) is 0 Å². The molecule has 17 heavy (non-hydrogen) atoms. The molecule has 1 atom stereocenters. The Bertz CT molecular complexity index is 450. The van der Waals surface area contributed by atoms with E-state index in [9.17, 15) is 4.79 Å². The molecule has 0 spiro atoms. The number of hydrogen-bond donors (Lipinski definition) is 1. The van der Waals surface area contributed by atoms with Gasteiger partial charge in [-0.05, 0) is 43.4 Å². The van der Waals surface area contributed by atoms with Crippen LogP contribution in [0.25, 0.3) is 0 Å². The van der Waals surface area contributed by atoms with Crippen LogP contribution in [0.3, 0.4) is 0 Å². The van der Waals surface area contributed by atoms with E-state index in [4.69, 9.17) is 10.5 Å². The largest absolute Gasteiger partial charge is 0.468 e. The second-order valence-electron chi connectivity index (χ2n) is 4.96. The Hall–Kier alpha value is -1.35. The van der Waals surface area contributed by atoms with Crippen LogP contribution in [0.15, 0.2) is 18.2 Å². The van der Waals surface area contributed by atoms with Crippen molar-refractivity contribution in [3.05, 3.63) is 34.9 Å². The van der Waals surface area contributed by atoms with E-state index in [1.54, 1.807) is 0 Å². The van der Waals surface area contributed by atoms with Crippen LogP contribution in [-0.2, 0) is 14.9 Å². The van der Waals surface area contributed by atoms with Gasteiger partial charge < -0.3 is 10.5 Å². The molecule has 2 rings (SSSR count). The summed E-state index contributed by atoms with van der Waals surface area (Å²) >= 11 is 0. The quantitative estimate of drug-likeness (QED) is 0.810. The van der Waals surface area contributed by atoms with Gasteiger partial charge in [-0.25, -0.2) is 0 Å². The summed E-state index contributed by atoms with van der Waals surface area (Å²) in [6.07, 6.45) is 1.93. The van der Waals surface area contributed by atoms with E-state index in [0.29, 0.717) is 0 Å². The SMILES string of the molecule is COC(=O)C(N)C1(c2ccc(C)c(C)c2)CC1. The van der Waals surface area contributed by atoms with Gasteiger partial charge in [-0.1, -0.05) is 18.2 Å². The summed E-state index contributed by atoms with van der Waals surface area (Å²) in [5.41, 5.74) is 9.49. The molecule has 0 heterocycles. The fourth-order valence-electron chi connectivity index (χ4n) is 2.32. The first kappa shape index (κ1) is 12.1. The molecule has 2 N–H and O–H groups in total. The molecule has 1 unspecified atom stereocenters. The molecule has 0 bridgehead atoms. The molecule has 0 amide bonds. The molecule has 3 heteroatoms. The average Bonchev–Trinajstić information content (AvgIpc) is 3.12. The summed E-state index contributed by atoms with van der Waals surface area (Å²) in [7, 11) is 1.39. The van der Waals surface area contributed by atoms with Crippen LogP contribution in [0.5, 0.6) is 0 Å². The number of methoxy groups -OCH3 is 1. The summed E-state index contributed by atoms with van der Waals surface area (Å²) < 4.78 is 4.75. The molecule has 1 aliphatic carbocycles. The Balaban J connectivity index is 2.32. The lowest BCUT2D eigenvalue weighted by atomic mass is 9.87. The van der Waals surface area contributed by atoms with Gasteiger partial charge in [0.15, 0.2) is 0 Å². The maximum absolute atomic E-state index is 11.6. The van der Waals surface area contributed by atoms with E-state index in [2.05, 4.69) is 32.0 Å². The summed E-state index contributed by atoms with van der Waals surface area (Å²) in [5.74, 6) is -0.319. The molecule has 0 aromatic heterocycles. The van der Waals surface area contributed by atoms with Gasteiger partial charge in [0.2, 0.25) is 0 Å².